The summed E-state index contributed by atoms with van der Waals surface area (Å²) in [7, 11) is 1.64. The maximum absolute atomic E-state index is 5.84. The lowest BCUT2D eigenvalue weighted by Crippen LogP contribution is -2.09. The van der Waals surface area contributed by atoms with Crippen LogP contribution in [0.15, 0.2) is 24.5 Å². The van der Waals surface area contributed by atoms with E-state index in [4.69, 9.17) is 15.2 Å². The zero-order valence-corrected chi connectivity index (χ0v) is 11.9. The molecule has 0 saturated heterocycles. The minimum atomic E-state index is 0.387. The van der Waals surface area contributed by atoms with Gasteiger partial charge >= 0.3 is 0 Å². The van der Waals surface area contributed by atoms with Crippen LogP contribution in [0, 0.1) is 0 Å². The summed E-state index contributed by atoms with van der Waals surface area (Å²) < 4.78 is 12.9. The molecular formula is C14H20N4O2. The molecule has 2 aromatic rings. The topological polar surface area (TPSA) is 75.2 Å². The molecule has 108 valence electrons. The fraction of sp³-hybridized carbons (Fsp3) is 0.429. The number of benzene rings is 1. The van der Waals surface area contributed by atoms with Crippen molar-refractivity contribution in [2.24, 2.45) is 5.73 Å². The predicted octanol–water partition coefficient (Wildman–Crippen LogP) is 1.39. The number of nitrogens with two attached hydrogens (primary N) is 1. The van der Waals surface area contributed by atoms with Gasteiger partial charge in [0.1, 0.15) is 24.4 Å². The van der Waals surface area contributed by atoms with Crippen molar-refractivity contribution in [2.45, 2.75) is 26.5 Å². The first-order valence-corrected chi connectivity index (χ1v) is 6.65. The van der Waals surface area contributed by atoms with E-state index in [-0.39, 0.29) is 0 Å². The van der Waals surface area contributed by atoms with Crippen LogP contribution >= 0.6 is 0 Å². The normalized spacial score (nSPS) is 10.6. The molecule has 6 heteroatoms. The van der Waals surface area contributed by atoms with E-state index in [9.17, 15) is 0 Å². The van der Waals surface area contributed by atoms with Crippen LogP contribution in [0.2, 0.25) is 0 Å². The minimum Gasteiger partial charge on any atom is -0.497 e. The second-order valence-electron chi connectivity index (χ2n) is 4.29. The molecular weight excluding hydrogens is 256 g/mol. The molecule has 0 saturated carbocycles. The van der Waals surface area contributed by atoms with Gasteiger partial charge in [0.15, 0.2) is 5.82 Å². The zero-order valence-electron chi connectivity index (χ0n) is 11.9. The van der Waals surface area contributed by atoms with Crippen molar-refractivity contribution in [1.29, 1.82) is 0 Å². The highest BCUT2D eigenvalue weighted by molar-refractivity contribution is 5.40. The second-order valence-corrected chi connectivity index (χ2v) is 4.29. The third-order valence-electron chi connectivity index (χ3n) is 3.03. The van der Waals surface area contributed by atoms with E-state index in [1.54, 1.807) is 7.11 Å². The maximum Gasteiger partial charge on any atom is 0.164 e. The van der Waals surface area contributed by atoms with Crippen molar-refractivity contribution in [1.82, 2.24) is 14.8 Å². The third kappa shape index (κ3) is 3.27. The molecule has 0 aliphatic rings. The number of ether oxygens (including phenoxy) is 2. The molecule has 0 aliphatic heterocycles. The molecule has 20 heavy (non-hydrogen) atoms. The molecule has 1 aromatic heterocycles. The molecule has 0 spiro atoms. The summed E-state index contributed by atoms with van der Waals surface area (Å²) in [5.74, 6) is 2.42. The van der Waals surface area contributed by atoms with E-state index < -0.39 is 0 Å². The molecule has 0 fully saturated rings. The molecule has 1 heterocycles. The Morgan fingerprint density at radius 1 is 1.35 bits per heavy atom. The Bertz CT molecular complexity index is 554. The summed E-state index contributed by atoms with van der Waals surface area (Å²) in [6.07, 6.45) is 2.28. The van der Waals surface area contributed by atoms with Crippen molar-refractivity contribution in [3.8, 4) is 11.5 Å². The molecule has 0 aliphatic carbocycles. The number of hydrogen-bond donors (Lipinski definition) is 1. The standard InChI is InChI=1S/C14H20N4O2/c1-3-18-14(16-10-17-18)9-20-13-5-4-12(19-2)8-11(13)6-7-15/h4-5,8,10H,3,6-7,9,15H2,1-2H3. The van der Waals surface area contributed by atoms with Gasteiger partial charge < -0.3 is 15.2 Å². The molecule has 1 aromatic carbocycles. The van der Waals surface area contributed by atoms with E-state index in [1.807, 2.05) is 29.8 Å². The van der Waals surface area contributed by atoms with Crippen LogP contribution in [0.5, 0.6) is 11.5 Å². The van der Waals surface area contributed by atoms with Crippen molar-refractivity contribution in [2.75, 3.05) is 13.7 Å². The average molecular weight is 276 g/mol. The van der Waals surface area contributed by atoms with Gasteiger partial charge in [-0.15, -0.1) is 0 Å². The van der Waals surface area contributed by atoms with Crippen LogP contribution in [0.25, 0.3) is 0 Å². The predicted molar refractivity (Wildman–Crippen MR) is 75.8 cm³/mol. The Hall–Kier alpha value is -2.08. The Balaban J connectivity index is 2.12. The quantitative estimate of drug-likeness (QED) is 0.827. The zero-order chi connectivity index (χ0) is 14.4. The molecule has 2 N–H and O–H groups in total. The minimum absolute atomic E-state index is 0.387. The molecule has 0 unspecified atom stereocenters. The van der Waals surface area contributed by atoms with Gasteiger partial charge in [0, 0.05) is 6.54 Å². The van der Waals surface area contributed by atoms with Gasteiger partial charge in [-0.1, -0.05) is 0 Å². The van der Waals surface area contributed by atoms with Crippen LogP contribution in [-0.2, 0) is 19.6 Å². The summed E-state index contributed by atoms with van der Waals surface area (Å²) in [5, 5.41) is 4.12. The smallest absolute Gasteiger partial charge is 0.164 e. The first-order chi connectivity index (χ1) is 9.78. The average Bonchev–Trinajstić information content (AvgIpc) is 2.93. The van der Waals surface area contributed by atoms with E-state index in [0.717, 1.165) is 35.9 Å². The van der Waals surface area contributed by atoms with Gasteiger partial charge in [-0.25, -0.2) is 9.67 Å². The third-order valence-corrected chi connectivity index (χ3v) is 3.03. The van der Waals surface area contributed by atoms with Gasteiger partial charge in [-0.3, -0.25) is 0 Å². The SMILES string of the molecule is CCn1ncnc1COc1ccc(OC)cc1CCN. The fourth-order valence-electron chi connectivity index (χ4n) is 1.98. The summed E-state index contributed by atoms with van der Waals surface area (Å²) in [5.41, 5.74) is 6.67. The number of nitrogens with zero attached hydrogens (tertiary/aromatic N) is 3. The van der Waals surface area contributed by atoms with Crippen LogP contribution in [0.4, 0.5) is 0 Å². The Morgan fingerprint density at radius 3 is 2.90 bits per heavy atom. The van der Waals surface area contributed by atoms with Crippen LogP contribution < -0.4 is 15.2 Å². The molecule has 0 amide bonds. The fourth-order valence-corrected chi connectivity index (χ4v) is 1.98. The highest BCUT2D eigenvalue weighted by Crippen LogP contribution is 2.25. The molecule has 6 nitrogen and oxygen atoms in total. The van der Waals surface area contributed by atoms with Crippen molar-refractivity contribution >= 4 is 0 Å². The van der Waals surface area contributed by atoms with Crippen molar-refractivity contribution in [3.05, 3.63) is 35.9 Å². The number of aryl methyl sites for hydroxylation is 1. The van der Waals surface area contributed by atoms with E-state index in [2.05, 4.69) is 10.1 Å². The van der Waals surface area contributed by atoms with E-state index in [0.29, 0.717) is 13.2 Å². The Labute approximate surface area is 118 Å². The number of aromatic nitrogens is 3. The highest BCUT2D eigenvalue weighted by atomic mass is 16.5. The monoisotopic (exact) mass is 276 g/mol. The van der Waals surface area contributed by atoms with Crippen LogP contribution in [0.3, 0.4) is 0 Å². The summed E-state index contributed by atoms with van der Waals surface area (Å²) in [6, 6.07) is 5.73. The van der Waals surface area contributed by atoms with Crippen LogP contribution in [0.1, 0.15) is 18.3 Å². The van der Waals surface area contributed by atoms with Gasteiger partial charge in [0.2, 0.25) is 0 Å². The largest absolute Gasteiger partial charge is 0.497 e. The van der Waals surface area contributed by atoms with E-state index in [1.165, 1.54) is 6.33 Å². The van der Waals surface area contributed by atoms with Crippen molar-refractivity contribution < 1.29 is 9.47 Å². The lowest BCUT2D eigenvalue weighted by atomic mass is 10.1. The second kappa shape index (κ2) is 6.91. The molecule has 0 atom stereocenters. The Morgan fingerprint density at radius 2 is 2.20 bits per heavy atom. The summed E-state index contributed by atoms with van der Waals surface area (Å²) in [4.78, 5) is 4.19. The summed E-state index contributed by atoms with van der Waals surface area (Å²) in [6.45, 7) is 3.74. The molecule has 2 rings (SSSR count). The summed E-state index contributed by atoms with van der Waals surface area (Å²) >= 11 is 0. The van der Waals surface area contributed by atoms with Gasteiger partial charge in [-0.05, 0) is 43.7 Å². The van der Waals surface area contributed by atoms with Gasteiger partial charge in [0.25, 0.3) is 0 Å². The van der Waals surface area contributed by atoms with Crippen LogP contribution in [-0.4, -0.2) is 28.4 Å². The van der Waals surface area contributed by atoms with Gasteiger partial charge in [0.05, 0.1) is 7.11 Å². The number of rotatable bonds is 7. The highest BCUT2D eigenvalue weighted by Gasteiger charge is 2.08. The molecule has 0 bridgehead atoms. The van der Waals surface area contributed by atoms with Crippen molar-refractivity contribution in [3.63, 3.8) is 0 Å². The molecule has 0 radical (unpaired) electrons. The van der Waals surface area contributed by atoms with E-state index >= 15 is 0 Å². The maximum atomic E-state index is 5.84. The van der Waals surface area contributed by atoms with Gasteiger partial charge in [-0.2, -0.15) is 5.10 Å². The lowest BCUT2D eigenvalue weighted by molar-refractivity contribution is 0.284. The number of methoxy groups -OCH3 is 1. The number of hydrogen-bond acceptors (Lipinski definition) is 5. The Kier molecular flexibility index (Phi) is 4.95. The first-order valence-electron chi connectivity index (χ1n) is 6.65. The first kappa shape index (κ1) is 14.3. The lowest BCUT2D eigenvalue weighted by Gasteiger charge is -2.12.